The molecule has 0 saturated carbocycles. The molecule has 6 nitrogen and oxygen atoms in total. The second-order valence-electron chi connectivity index (χ2n) is 6.89. The average molecular weight is 464 g/mol. The molecule has 4 rings (SSSR count). The second kappa shape index (κ2) is 10.3. The fraction of sp³-hybridized carbons (Fsp3) is 0.125. The number of hydrogen-bond donors (Lipinski definition) is 2. The molecule has 0 bridgehead atoms. The van der Waals surface area contributed by atoms with Crippen molar-refractivity contribution in [1.29, 1.82) is 0 Å². The van der Waals surface area contributed by atoms with E-state index in [-0.39, 0.29) is 24.0 Å². The van der Waals surface area contributed by atoms with E-state index >= 15 is 0 Å². The van der Waals surface area contributed by atoms with Crippen LogP contribution in [0.25, 0.3) is 10.8 Å². The molecule has 1 aromatic heterocycles. The quantitative estimate of drug-likeness (QED) is 0.350. The standard InChI is InChI=1S/C24H21N3O3S2/c1-30-21-12-5-4-10-20(21)27-22(28)13-17-14-31-24(25-17)32-15-23(29)26-19-11-6-8-16-7-2-3-9-18(16)19/h2-12,14H,13,15H2,1H3,(H,26,29)(H,27,28). The Bertz CT molecular complexity index is 1250. The summed E-state index contributed by atoms with van der Waals surface area (Å²) in [5, 5.41) is 9.74. The maximum atomic E-state index is 12.4. The number of amides is 2. The van der Waals surface area contributed by atoms with Crippen molar-refractivity contribution in [2.45, 2.75) is 10.8 Å². The van der Waals surface area contributed by atoms with Gasteiger partial charge in [0.1, 0.15) is 5.75 Å². The number of hydrogen-bond acceptors (Lipinski definition) is 6. The number of carbonyl (C=O) groups is 2. The molecule has 0 aliphatic rings. The van der Waals surface area contributed by atoms with Gasteiger partial charge in [0.25, 0.3) is 0 Å². The van der Waals surface area contributed by atoms with Gasteiger partial charge in [-0.05, 0) is 23.6 Å². The zero-order chi connectivity index (χ0) is 22.3. The van der Waals surface area contributed by atoms with Crippen LogP contribution < -0.4 is 15.4 Å². The highest BCUT2D eigenvalue weighted by molar-refractivity contribution is 8.01. The monoisotopic (exact) mass is 463 g/mol. The summed E-state index contributed by atoms with van der Waals surface area (Å²) in [6.07, 6.45) is 0.150. The van der Waals surface area contributed by atoms with E-state index < -0.39 is 0 Å². The van der Waals surface area contributed by atoms with Gasteiger partial charge in [-0.15, -0.1) is 11.3 Å². The molecule has 2 N–H and O–H groups in total. The molecule has 0 unspecified atom stereocenters. The number of rotatable bonds is 8. The molecule has 0 atom stereocenters. The van der Waals surface area contributed by atoms with Gasteiger partial charge in [-0.1, -0.05) is 60.3 Å². The van der Waals surface area contributed by atoms with Gasteiger partial charge in [-0.25, -0.2) is 4.98 Å². The Labute approximate surface area is 194 Å². The number of aromatic nitrogens is 1. The number of anilines is 2. The van der Waals surface area contributed by atoms with Crippen LogP contribution in [0.5, 0.6) is 5.75 Å². The lowest BCUT2D eigenvalue weighted by atomic mass is 10.1. The molecule has 2 amide bonds. The predicted octanol–water partition coefficient (Wildman–Crippen LogP) is 5.22. The van der Waals surface area contributed by atoms with Crippen LogP contribution in [-0.4, -0.2) is 29.7 Å². The molecule has 162 valence electrons. The average Bonchev–Trinajstić information content (AvgIpc) is 3.25. The summed E-state index contributed by atoms with van der Waals surface area (Å²) in [7, 11) is 1.56. The van der Waals surface area contributed by atoms with Crippen LogP contribution in [0.3, 0.4) is 0 Å². The van der Waals surface area contributed by atoms with Crippen LogP contribution in [0.1, 0.15) is 5.69 Å². The molecule has 0 aliphatic carbocycles. The zero-order valence-electron chi connectivity index (χ0n) is 17.3. The molecular formula is C24H21N3O3S2. The number of benzene rings is 3. The molecule has 4 aromatic rings. The predicted molar refractivity (Wildman–Crippen MR) is 131 cm³/mol. The second-order valence-corrected chi connectivity index (χ2v) is 8.97. The number of fused-ring (bicyclic) bond motifs is 1. The van der Waals surface area contributed by atoms with Gasteiger partial charge in [0.2, 0.25) is 11.8 Å². The lowest BCUT2D eigenvalue weighted by Gasteiger charge is -2.09. The van der Waals surface area contributed by atoms with Crippen molar-refractivity contribution in [1.82, 2.24) is 4.98 Å². The van der Waals surface area contributed by atoms with Crippen LogP contribution in [0.4, 0.5) is 11.4 Å². The maximum absolute atomic E-state index is 12.4. The van der Waals surface area contributed by atoms with Gasteiger partial charge in [-0.3, -0.25) is 9.59 Å². The molecular weight excluding hydrogens is 442 g/mol. The fourth-order valence-corrected chi connectivity index (χ4v) is 4.84. The molecule has 8 heteroatoms. The number of nitrogens with zero attached hydrogens (tertiary/aromatic N) is 1. The number of thioether (sulfide) groups is 1. The normalized spacial score (nSPS) is 10.7. The van der Waals surface area contributed by atoms with Crippen molar-refractivity contribution < 1.29 is 14.3 Å². The van der Waals surface area contributed by atoms with Crippen LogP contribution in [0.2, 0.25) is 0 Å². The van der Waals surface area contributed by atoms with E-state index in [1.165, 1.54) is 23.1 Å². The topological polar surface area (TPSA) is 80.3 Å². The first kappa shape index (κ1) is 21.9. The molecule has 3 aromatic carbocycles. The van der Waals surface area contributed by atoms with Gasteiger partial charge in [-0.2, -0.15) is 0 Å². The van der Waals surface area contributed by atoms with E-state index in [1.807, 2.05) is 60.0 Å². The van der Waals surface area contributed by atoms with Crippen molar-refractivity contribution in [3.63, 3.8) is 0 Å². The number of nitrogens with one attached hydrogen (secondary N) is 2. The number of thiazole rings is 1. The zero-order valence-corrected chi connectivity index (χ0v) is 19.0. The molecule has 0 radical (unpaired) electrons. The van der Waals surface area contributed by atoms with Crippen LogP contribution in [0.15, 0.2) is 76.4 Å². The maximum Gasteiger partial charge on any atom is 0.234 e. The van der Waals surface area contributed by atoms with Crippen molar-refractivity contribution >= 4 is 57.1 Å². The third-order valence-corrected chi connectivity index (χ3v) is 6.71. The van der Waals surface area contributed by atoms with E-state index in [1.54, 1.807) is 19.2 Å². The number of ether oxygens (including phenoxy) is 1. The number of para-hydroxylation sites is 2. The van der Waals surface area contributed by atoms with Gasteiger partial charge in [0.05, 0.1) is 30.7 Å². The van der Waals surface area contributed by atoms with Crippen LogP contribution >= 0.6 is 23.1 Å². The summed E-state index contributed by atoms with van der Waals surface area (Å²) in [4.78, 5) is 29.3. The van der Waals surface area contributed by atoms with Crippen molar-refractivity contribution in [2.24, 2.45) is 0 Å². The van der Waals surface area contributed by atoms with Crippen LogP contribution in [-0.2, 0) is 16.0 Å². The first-order valence-electron chi connectivity index (χ1n) is 9.90. The van der Waals surface area contributed by atoms with Crippen LogP contribution in [0, 0.1) is 0 Å². The summed E-state index contributed by atoms with van der Waals surface area (Å²) < 4.78 is 6.00. The van der Waals surface area contributed by atoms with Crippen molar-refractivity contribution in [2.75, 3.05) is 23.5 Å². The van der Waals surface area contributed by atoms with Crippen molar-refractivity contribution in [3.05, 3.63) is 77.8 Å². The number of carbonyl (C=O) groups excluding carboxylic acids is 2. The molecule has 0 fully saturated rings. The highest BCUT2D eigenvalue weighted by Crippen LogP contribution is 2.26. The van der Waals surface area contributed by atoms with Gasteiger partial charge < -0.3 is 15.4 Å². The molecule has 0 aliphatic heterocycles. The smallest absolute Gasteiger partial charge is 0.234 e. The van der Waals surface area contributed by atoms with E-state index in [0.29, 0.717) is 17.1 Å². The third-order valence-electron chi connectivity index (χ3n) is 4.64. The summed E-state index contributed by atoms with van der Waals surface area (Å²) in [5.74, 6) is 0.568. The molecule has 0 saturated heterocycles. The molecule has 0 spiro atoms. The minimum Gasteiger partial charge on any atom is -0.495 e. The van der Waals surface area contributed by atoms with E-state index in [0.717, 1.165) is 20.8 Å². The summed E-state index contributed by atoms with van der Waals surface area (Å²) in [5.41, 5.74) is 2.08. The van der Waals surface area contributed by atoms with Crippen molar-refractivity contribution in [3.8, 4) is 5.75 Å². The number of methoxy groups -OCH3 is 1. The fourth-order valence-electron chi connectivity index (χ4n) is 3.19. The Kier molecular flexibility index (Phi) is 7.03. The highest BCUT2D eigenvalue weighted by atomic mass is 32.2. The lowest BCUT2D eigenvalue weighted by Crippen LogP contribution is -2.15. The molecule has 32 heavy (non-hydrogen) atoms. The minimum atomic E-state index is -0.176. The van der Waals surface area contributed by atoms with E-state index in [9.17, 15) is 9.59 Å². The largest absolute Gasteiger partial charge is 0.495 e. The van der Waals surface area contributed by atoms with E-state index in [2.05, 4.69) is 15.6 Å². The lowest BCUT2D eigenvalue weighted by molar-refractivity contribution is -0.116. The first-order valence-corrected chi connectivity index (χ1v) is 11.8. The first-order chi connectivity index (χ1) is 15.6. The minimum absolute atomic E-state index is 0.1000. The van der Waals surface area contributed by atoms with Gasteiger partial charge in [0.15, 0.2) is 4.34 Å². The SMILES string of the molecule is COc1ccccc1NC(=O)Cc1csc(SCC(=O)Nc2cccc3ccccc23)n1. The van der Waals surface area contributed by atoms with E-state index in [4.69, 9.17) is 4.74 Å². The summed E-state index contributed by atoms with van der Waals surface area (Å²) in [6.45, 7) is 0. The Balaban J connectivity index is 1.30. The van der Waals surface area contributed by atoms with Gasteiger partial charge >= 0.3 is 0 Å². The summed E-state index contributed by atoms with van der Waals surface area (Å²) >= 11 is 2.78. The third kappa shape index (κ3) is 5.46. The van der Waals surface area contributed by atoms with Gasteiger partial charge in [0, 0.05) is 16.5 Å². The Morgan fingerprint density at radius 1 is 0.938 bits per heavy atom. The summed E-state index contributed by atoms with van der Waals surface area (Å²) in [6, 6.07) is 21.0. The Hall–Kier alpha value is -3.36. The Morgan fingerprint density at radius 2 is 1.66 bits per heavy atom. The molecule has 1 heterocycles. The Morgan fingerprint density at radius 3 is 2.53 bits per heavy atom. The highest BCUT2D eigenvalue weighted by Gasteiger charge is 2.12.